The fourth-order valence-corrected chi connectivity index (χ4v) is 3.67. The fourth-order valence-electron chi connectivity index (χ4n) is 3.32. The predicted octanol–water partition coefficient (Wildman–Crippen LogP) is 5.83. The number of carboxylic acids is 1. The zero-order valence-corrected chi connectivity index (χ0v) is 15.7. The van der Waals surface area contributed by atoms with Gasteiger partial charge in [-0.1, -0.05) is 23.2 Å². The lowest BCUT2D eigenvalue weighted by atomic mass is 10.0. The molecular weight excluding hydrogens is 387 g/mol. The van der Waals surface area contributed by atoms with Crippen LogP contribution in [0.3, 0.4) is 0 Å². The van der Waals surface area contributed by atoms with Gasteiger partial charge in [-0.2, -0.15) is 0 Å². The molecule has 1 aromatic heterocycles. The van der Waals surface area contributed by atoms with Crippen molar-refractivity contribution in [1.82, 2.24) is 4.98 Å². The quantitative estimate of drug-likeness (QED) is 0.573. The summed E-state index contributed by atoms with van der Waals surface area (Å²) < 4.78 is 5.84. The first-order valence-electron chi connectivity index (χ1n) is 8.52. The van der Waals surface area contributed by atoms with Crippen LogP contribution < -0.4 is 5.32 Å². The molecule has 2 aromatic carbocycles. The molecular formula is C20H16Cl2N2O3. The third kappa shape index (κ3) is 3.58. The van der Waals surface area contributed by atoms with E-state index in [0.29, 0.717) is 22.3 Å². The number of carboxylic acid groups (broad SMARTS) is 1. The van der Waals surface area contributed by atoms with Crippen molar-refractivity contribution in [2.75, 3.05) is 11.9 Å². The average molecular weight is 403 g/mol. The van der Waals surface area contributed by atoms with Crippen LogP contribution in [-0.4, -0.2) is 22.7 Å². The molecule has 1 fully saturated rings. The zero-order valence-electron chi connectivity index (χ0n) is 14.2. The minimum absolute atomic E-state index is 0.0905. The number of rotatable bonds is 4. The second-order valence-electron chi connectivity index (χ2n) is 6.37. The first kappa shape index (κ1) is 18.0. The highest BCUT2D eigenvalue weighted by atomic mass is 35.5. The summed E-state index contributed by atoms with van der Waals surface area (Å²) in [5.74, 6) is -1.06. The number of hydrogen-bond acceptors (Lipinski definition) is 4. The third-order valence-electron chi connectivity index (χ3n) is 4.61. The number of aromatic carboxylic acids is 1. The normalized spacial score (nSPS) is 16.6. The van der Waals surface area contributed by atoms with E-state index in [1.165, 1.54) is 6.07 Å². The lowest BCUT2D eigenvalue weighted by Gasteiger charge is -2.19. The summed E-state index contributed by atoms with van der Waals surface area (Å²) in [6.07, 6.45) is 3.54. The lowest BCUT2D eigenvalue weighted by molar-refractivity contribution is 0.0698. The van der Waals surface area contributed by atoms with Crippen molar-refractivity contribution < 1.29 is 14.6 Å². The molecule has 0 amide bonds. The molecule has 0 saturated carbocycles. The summed E-state index contributed by atoms with van der Waals surface area (Å²) in [6, 6.07) is 10.2. The fraction of sp³-hybridized carbons (Fsp3) is 0.200. The molecule has 1 aliphatic rings. The highest BCUT2D eigenvalue weighted by Crippen LogP contribution is 2.39. The Balaban J connectivity index is 1.90. The molecule has 1 saturated heterocycles. The van der Waals surface area contributed by atoms with Crippen LogP contribution in [-0.2, 0) is 4.74 Å². The standard InChI is InChI=1S/C20H16Cl2N2O3/c21-11-3-5-16-13(8-11)19(15(10-23-16)18-2-1-7-27-18)24-17-6-4-12(22)9-14(17)20(25)26/h3-6,8-10,18H,1-2,7H2,(H,23,24)(H,25,26). The van der Waals surface area contributed by atoms with E-state index in [0.717, 1.165) is 35.0 Å². The van der Waals surface area contributed by atoms with Crippen molar-refractivity contribution in [3.63, 3.8) is 0 Å². The maximum absolute atomic E-state index is 11.7. The molecule has 0 bridgehead atoms. The summed E-state index contributed by atoms with van der Waals surface area (Å²) in [4.78, 5) is 16.2. The summed E-state index contributed by atoms with van der Waals surface area (Å²) >= 11 is 12.2. The molecule has 1 aliphatic heterocycles. The molecule has 7 heteroatoms. The van der Waals surface area contributed by atoms with Crippen LogP contribution in [0.5, 0.6) is 0 Å². The monoisotopic (exact) mass is 402 g/mol. The summed E-state index contributed by atoms with van der Waals surface area (Å²) in [7, 11) is 0. The maximum Gasteiger partial charge on any atom is 0.337 e. The number of carbonyl (C=O) groups is 1. The lowest BCUT2D eigenvalue weighted by Crippen LogP contribution is -2.07. The van der Waals surface area contributed by atoms with Crippen molar-refractivity contribution in [2.45, 2.75) is 18.9 Å². The molecule has 1 unspecified atom stereocenters. The molecule has 5 nitrogen and oxygen atoms in total. The molecule has 4 rings (SSSR count). The molecule has 0 spiro atoms. The molecule has 138 valence electrons. The van der Waals surface area contributed by atoms with Crippen molar-refractivity contribution in [3.05, 3.63) is 63.8 Å². The van der Waals surface area contributed by atoms with E-state index < -0.39 is 5.97 Å². The van der Waals surface area contributed by atoms with Gasteiger partial charge in [0, 0.05) is 33.8 Å². The number of halogens is 2. The Morgan fingerprint density at radius 1 is 1.19 bits per heavy atom. The van der Waals surface area contributed by atoms with Gasteiger partial charge in [0.15, 0.2) is 0 Å². The Morgan fingerprint density at radius 2 is 1.96 bits per heavy atom. The van der Waals surface area contributed by atoms with Crippen LogP contribution in [0.1, 0.15) is 34.9 Å². The second-order valence-corrected chi connectivity index (χ2v) is 7.24. The number of anilines is 2. The average Bonchev–Trinajstić information content (AvgIpc) is 3.17. The smallest absolute Gasteiger partial charge is 0.337 e. The first-order valence-corrected chi connectivity index (χ1v) is 9.28. The van der Waals surface area contributed by atoms with E-state index in [1.54, 1.807) is 24.4 Å². The minimum Gasteiger partial charge on any atom is -0.478 e. The van der Waals surface area contributed by atoms with E-state index in [-0.39, 0.29) is 11.7 Å². The van der Waals surface area contributed by atoms with E-state index in [1.807, 2.05) is 12.1 Å². The number of hydrogen-bond donors (Lipinski definition) is 2. The molecule has 3 aromatic rings. The van der Waals surface area contributed by atoms with E-state index >= 15 is 0 Å². The Bertz CT molecular complexity index is 1030. The van der Waals surface area contributed by atoms with Gasteiger partial charge in [0.25, 0.3) is 0 Å². The molecule has 1 atom stereocenters. The second kappa shape index (κ2) is 7.35. The van der Waals surface area contributed by atoms with Crippen LogP contribution in [0.2, 0.25) is 10.0 Å². The number of pyridine rings is 1. The molecule has 2 heterocycles. The van der Waals surface area contributed by atoms with Crippen molar-refractivity contribution in [1.29, 1.82) is 0 Å². The Kier molecular flexibility index (Phi) is 4.91. The van der Waals surface area contributed by atoms with Gasteiger partial charge in [-0.05, 0) is 49.2 Å². The largest absolute Gasteiger partial charge is 0.478 e. The Hall–Kier alpha value is -2.34. The topological polar surface area (TPSA) is 71.5 Å². The van der Waals surface area contributed by atoms with Gasteiger partial charge < -0.3 is 15.2 Å². The summed E-state index contributed by atoms with van der Waals surface area (Å²) in [5.41, 5.74) is 2.92. The molecule has 0 radical (unpaired) electrons. The molecule has 2 N–H and O–H groups in total. The number of aromatic nitrogens is 1. The van der Waals surface area contributed by atoms with Crippen LogP contribution in [0.15, 0.2) is 42.6 Å². The van der Waals surface area contributed by atoms with E-state index in [2.05, 4.69) is 10.3 Å². The number of fused-ring (bicyclic) bond motifs is 1. The third-order valence-corrected chi connectivity index (χ3v) is 5.08. The van der Waals surface area contributed by atoms with E-state index in [4.69, 9.17) is 27.9 Å². The van der Waals surface area contributed by atoms with Crippen LogP contribution >= 0.6 is 23.2 Å². The Morgan fingerprint density at radius 3 is 2.70 bits per heavy atom. The van der Waals surface area contributed by atoms with Gasteiger partial charge >= 0.3 is 5.97 Å². The van der Waals surface area contributed by atoms with Gasteiger partial charge in [-0.15, -0.1) is 0 Å². The van der Waals surface area contributed by atoms with Gasteiger partial charge in [0.1, 0.15) is 0 Å². The molecule has 27 heavy (non-hydrogen) atoms. The van der Waals surface area contributed by atoms with Gasteiger partial charge in [0.05, 0.1) is 28.6 Å². The highest BCUT2D eigenvalue weighted by Gasteiger charge is 2.24. The summed E-state index contributed by atoms with van der Waals surface area (Å²) in [5, 5.41) is 14.6. The maximum atomic E-state index is 11.7. The van der Waals surface area contributed by atoms with Crippen LogP contribution in [0.25, 0.3) is 10.9 Å². The molecule has 0 aliphatic carbocycles. The predicted molar refractivity (Wildman–Crippen MR) is 106 cm³/mol. The van der Waals surface area contributed by atoms with Crippen LogP contribution in [0, 0.1) is 0 Å². The van der Waals surface area contributed by atoms with Crippen molar-refractivity contribution in [3.8, 4) is 0 Å². The van der Waals surface area contributed by atoms with Crippen LogP contribution in [0.4, 0.5) is 11.4 Å². The number of nitrogens with one attached hydrogen (secondary N) is 1. The number of nitrogens with zero attached hydrogens (tertiary/aromatic N) is 1. The minimum atomic E-state index is -1.06. The number of benzene rings is 2. The van der Waals surface area contributed by atoms with Crippen molar-refractivity contribution >= 4 is 51.4 Å². The zero-order chi connectivity index (χ0) is 19.0. The van der Waals surface area contributed by atoms with Gasteiger partial charge in [0.2, 0.25) is 0 Å². The van der Waals surface area contributed by atoms with E-state index in [9.17, 15) is 9.90 Å². The first-order chi connectivity index (χ1) is 13.0. The van der Waals surface area contributed by atoms with Gasteiger partial charge in [-0.25, -0.2) is 4.79 Å². The van der Waals surface area contributed by atoms with Crippen molar-refractivity contribution in [2.24, 2.45) is 0 Å². The highest BCUT2D eigenvalue weighted by molar-refractivity contribution is 6.31. The Labute approximate surface area is 165 Å². The SMILES string of the molecule is O=C(O)c1cc(Cl)ccc1Nc1c(C2CCCO2)cnc2ccc(Cl)cc12. The van der Waals surface area contributed by atoms with Gasteiger partial charge in [-0.3, -0.25) is 4.98 Å². The number of ether oxygens (including phenoxy) is 1. The summed E-state index contributed by atoms with van der Waals surface area (Å²) in [6.45, 7) is 0.693.